The number of allylic oxidation sites excluding steroid dienone is 1. The van der Waals surface area contributed by atoms with Gasteiger partial charge in [0.2, 0.25) is 0 Å². The summed E-state index contributed by atoms with van der Waals surface area (Å²) in [5, 5.41) is 2.91. The predicted molar refractivity (Wildman–Crippen MR) is 75.2 cm³/mol. The van der Waals surface area contributed by atoms with Crippen LogP contribution in [-0.2, 0) is 7.05 Å². The molecule has 0 aliphatic heterocycles. The van der Waals surface area contributed by atoms with E-state index in [4.69, 9.17) is 0 Å². The van der Waals surface area contributed by atoms with E-state index in [9.17, 15) is 9.59 Å². The van der Waals surface area contributed by atoms with E-state index in [2.05, 4.69) is 11.4 Å². The third kappa shape index (κ3) is 3.13. The largest absolute Gasteiger partial charge is 0.346 e. The molecule has 102 valence electrons. The van der Waals surface area contributed by atoms with Crippen molar-refractivity contribution in [1.29, 1.82) is 0 Å². The van der Waals surface area contributed by atoms with Crippen LogP contribution < -0.4 is 10.9 Å². The van der Waals surface area contributed by atoms with Gasteiger partial charge in [0.25, 0.3) is 11.5 Å². The number of pyridine rings is 1. The molecule has 1 aromatic heterocycles. The quantitative estimate of drug-likeness (QED) is 0.845. The minimum absolute atomic E-state index is 0.00212. The summed E-state index contributed by atoms with van der Waals surface area (Å²) in [6.07, 6.45) is 8.38. The zero-order valence-corrected chi connectivity index (χ0v) is 11.5. The van der Waals surface area contributed by atoms with Crippen LogP contribution in [0, 0.1) is 0 Å². The van der Waals surface area contributed by atoms with E-state index >= 15 is 0 Å². The van der Waals surface area contributed by atoms with Crippen LogP contribution in [-0.4, -0.2) is 16.5 Å². The number of amides is 1. The lowest BCUT2D eigenvalue weighted by atomic mass is 9.94. The number of carbonyl (C=O) groups excluding carboxylic acids is 1. The molecule has 0 saturated heterocycles. The van der Waals surface area contributed by atoms with Crippen molar-refractivity contribution in [1.82, 2.24) is 9.88 Å². The molecule has 1 aromatic rings. The molecule has 0 bridgehead atoms. The molecule has 0 aromatic carbocycles. The number of nitrogens with one attached hydrogen (secondary N) is 1. The number of hydrogen-bond acceptors (Lipinski definition) is 2. The summed E-state index contributed by atoms with van der Waals surface area (Å²) in [5.74, 6) is -0.292. The summed E-state index contributed by atoms with van der Waals surface area (Å²) in [4.78, 5) is 24.0. The van der Waals surface area contributed by atoms with Gasteiger partial charge >= 0.3 is 0 Å². The van der Waals surface area contributed by atoms with Crippen molar-refractivity contribution in [2.24, 2.45) is 7.05 Å². The predicted octanol–water partition coefficient (Wildman–Crippen LogP) is 2.00. The molecular weight excluding hydrogens is 240 g/mol. The van der Waals surface area contributed by atoms with Gasteiger partial charge in [0.1, 0.15) is 5.56 Å². The van der Waals surface area contributed by atoms with Gasteiger partial charge in [0.05, 0.1) is 0 Å². The van der Waals surface area contributed by atoms with Gasteiger partial charge in [-0.1, -0.05) is 11.6 Å². The van der Waals surface area contributed by atoms with Crippen LogP contribution in [0.25, 0.3) is 0 Å². The fourth-order valence-electron chi connectivity index (χ4n) is 2.39. The Kier molecular flexibility index (Phi) is 4.20. The SMILES string of the molecule is CC(NC(=O)c1cccn(C)c1=O)C1=CCCCC1. The molecule has 1 atom stereocenters. The Hall–Kier alpha value is -1.84. The Bertz CT molecular complexity index is 558. The van der Waals surface area contributed by atoms with Crippen LogP contribution in [0.15, 0.2) is 34.8 Å². The highest BCUT2D eigenvalue weighted by Crippen LogP contribution is 2.20. The van der Waals surface area contributed by atoms with Crippen molar-refractivity contribution < 1.29 is 4.79 Å². The second kappa shape index (κ2) is 5.87. The monoisotopic (exact) mass is 260 g/mol. The molecule has 4 nitrogen and oxygen atoms in total. The molecule has 4 heteroatoms. The smallest absolute Gasteiger partial charge is 0.263 e. The van der Waals surface area contributed by atoms with E-state index in [1.54, 1.807) is 25.4 Å². The number of aromatic nitrogens is 1. The standard InChI is InChI=1S/C15H20N2O2/c1-11(12-7-4-3-5-8-12)16-14(18)13-9-6-10-17(2)15(13)19/h6-7,9-11H,3-5,8H2,1-2H3,(H,16,18). The van der Waals surface area contributed by atoms with E-state index in [0.29, 0.717) is 0 Å². The van der Waals surface area contributed by atoms with E-state index in [0.717, 1.165) is 12.8 Å². The first-order chi connectivity index (χ1) is 9.09. The van der Waals surface area contributed by atoms with Gasteiger partial charge in [-0.05, 0) is 44.7 Å². The summed E-state index contributed by atoms with van der Waals surface area (Å²) in [5.41, 5.74) is 1.21. The minimum Gasteiger partial charge on any atom is -0.346 e. The van der Waals surface area contributed by atoms with Gasteiger partial charge in [0, 0.05) is 19.3 Å². The maximum absolute atomic E-state index is 12.1. The lowest BCUT2D eigenvalue weighted by Crippen LogP contribution is -2.38. The molecule has 1 amide bonds. The molecular formula is C15H20N2O2. The lowest BCUT2D eigenvalue weighted by molar-refractivity contribution is 0.0942. The van der Waals surface area contributed by atoms with Crippen molar-refractivity contribution >= 4 is 5.91 Å². The average Bonchev–Trinajstić information content (AvgIpc) is 2.42. The average molecular weight is 260 g/mol. The van der Waals surface area contributed by atoms with Crippen LogP contribution in [0.5, 0.6) is 0 Å². The van der Waals surface area contributed by atoms with Gasteiger partial charge in [-0.2, -0.15) is 0 Å². The molecule has 1 heterocycles. The molecule has 1 aliphatic carbocycles. The van der Waals surface area contributed by atoms with Gasteiger partial charge in [-0.25, -0.2) is 0 Å². The molecule has 0 fully saturated rings. The van der Waals surface area contributed by atoms with E-state index in [1.807, 2.05) is 6.92 Å². The number of hydrogen-bond donors (Lipinski definition) is 1. The number of rotatable bonds is 3. The highest BCUT2D eigenvalue weighted by atomic mass is 16.2. The first-order valence-corrected chi connectivity index (χ1v) is 6.75. The minimum atomic E-state index is -0.292. The number of aryl methyl sites for hydroxylation is 1. The normalized spacial score (nSPS) is 16.6. The van der Waals surface area contributed by atoms with E-state index in [-0.39, 0.29) is 23.1 Å². The molecule has 1 N–H and O–H groups in total. The Morgan fingerprint density at radius 2 is 2.21 bits per heavy atom. The summed E-state index contributed by atoms with van der Waals surface area (Å²) < 4.78 is 1.42. The Balaban J connectivity index is 2.10. The third-order valence-corrected chi connectivity index (χ3v) is 3.60. The van der Waals surface area contributed by atoms with Crippen LogP contribution in [0.3, 0.4) is 0 Å². The lowest BCUT2D eigenvalue weighted by Gasteiger charge is -2.20. The van der Waals surface area contributed by atoms with Gasteiger partial charge in [0.15, 0.2) is 0 Å². The second-order valence-corrected chi connectivity index (χ2v) is 5.06. The zero-order valence-electron chi connectivity index (χ0n) is 11.5. The van der Waals surface area contributed by atoms with Gasteiger partial charge in [-0.3, -0.25) is 9.59 Å². The molecule has 2 rings (SSSR count). The summed E-state index contributed by atoms with van der Waals surface area (Å²) in [7, 11) is 1.65. The first kappa shape index (κ1) is 13.6. The van der Waals surface area contributed by atoms with Crippen molar-refractivity contribution in [3.63, 3.8) is 0 Å². The summed E-state index contributed by atoms with van der Waals surface area (Å²) >= 11 is 0. The highest BCUT2D eigenvalue weighted by molar-refractivity contribution is 5.94. The summed E-state index contributed by atoms with van der Waals surface area (Å²) in [6.45, 7) is 1.97. The number of nitrogens with zero attached hydrogens (tertiary/aromatic N) is 1. The van der Waals surface area contributed by atoms with Crippen molar-refractivity contribution in [2.45, 2.75) is 38.6 Å². The molecule has 0 radical (unpaired) electrons. The molecule has 1 aliphatic rings. The van der Waals surface area contributed by atoms with Gasteiger partial charge < -0.3 is 9.88 Å². The molecule has 0 saturated carbocycles. The Morgan fingerprint density at radius 1 is 1.42 bits per heavy atom. The van der Waals surface area contributed by atoms with Crippen LogP contribution in [0.1, 0.15) is 43.0 Å². The second-order valence-electron chi connectivity index (χ2n) is 5.06. The third-order valence-electron chi connectivity index (χ3n) is 3.60. The molecule has 1 unspecified atom stereocenters. The summed E-state index contributed by atoms with van der Waals surface area (Å²) in [6, 6.07) is 3.28. The van der Waals surface area contributed by atoms with Crippen LogP contribution in [0.4, 0.5) is 0 Å². The Morgan fingerprint density at radius 3 is 2.89 bits per heavy atom. The van der Waals surface area contributed by atoms with Crippen LogP contribution in [0.2, 0.25) is 0 Å². The van der Waals surface area contributed by atoms with E-state index < -0.39 is 0 Å². The van der Waals surface area contributed by atoms with Gasteiger partial charge in [-0.15, -0.1) is 0 Å². The first-order valence-electron chi connectivity index (χ1n) is 6.75. The number of carbonyl (C=O) groups is 1. The maximum atomic E-state index is 12.1. The fraction of sp³-hybridized carbons (Fsp3) is 0.467. The molecule has 19 heavy (non-hydrogen) atoms. The highest BCUT2D eigenvalue weighted by Gasteiger charge is 2.17. The zero-order chi connectivity index (χ0) is 13.8. The van der Waals surface area contributed by atoms with Crippen molar-refractivity contribution in [2.75, 3.05) is 0 Å². The van der Waals surface area contributed by atoms with Crippen molar-refractivity contribution in [3.05, 3.63) is 45.9 Å². The van der Waals surface area contributed by atoms with E-state index in [1.165, 1.54) is 23.0 Å². The van der Waals surface area contributed by atoms with Crippen molar-refractivity contribution in [3.8, 4) is 0 Å². The fourth-order valence-corrected chi connectivity index (χ4v) is 2.39. The van der Waals surface area contributed by atoms with Crippen LogP contribution >= 0.6 is 0 Å². The molecule has 0 spiro atoms. The topological polar surface area (TPSA) is 51.1 Å². The Labute approximate surface area is 113 Å². The maximum Gasteiger partial charge on any atom is 0.263 e.